The molecule has 1 rings (SSSR count). The van der Waals surface area contributed by atoms with E-state index >= 15 is 0 Å². The Morgan fingerprint density at radius 2 is 2.07 bits per heavy atom. The molecule has 0 saturated heterocycles. The summed E-state index contributed by atoms with van der Waals surface area (Å²) in [5, 5.41) is 0. The highest BCUT2D eigenvalue weighted by Gasteiger charge is 2.06. The third-order valence-corrected chi connectivity index (χ3v) is 2.46. The number of halogens is 1. The summed E-state index contributed by atoms with van der Waals surface area (Å²) in [7, 11) is 0. The molecule has 1 aromatic carbocycles. The Bertz CT molecular complexity index is 359. The van der Waals surface area contributed by atoms with Crippen LogP contribution in [-0.4, -0.2) is 18.6 Å². The van der Waals surface area contributed by atoms with Crippen LogP contribution >= 0.6 is 11.8 Å². The van der Waals surface area contributed by atoms with E-state index in [0.29, 0.717) is 10.7 Å². The molecule has 0 bridgehead atoms. The number of carbonyl (C=O) groups is 1. The van der Waals surface area contributed by atoms with Gasteiger partial charge in [-0.3, -0.25) is 4.79 Å². The first-order chi connectivity index (χ1) is 7.13. The van der Waals surface area contributed by atoms with Crippen molar-refractivity contribution in [1.82, 2.24) is 0 Å². The van der Waals surface area contributed by atoms with Crippen molar-refractivity contribution < 1.29 is 13.9 Å². The van der Waals surface area contributed by atoms with Crippen LogP contribution in [-0.2, 0) is 4.79 Å². The van der Waals surface area contributed by atoms with E-state index in [9.17, 15) is 9.18 Å². The average Bonchev–Trinajstić information content (AvgIpc) is 2.26. The first kappa shape index (κ1) is 11.8. The minimum absolute atomic E-state index is 0.0642. The third-order valence-electron chi connectivity index (χ3n) is 1.74. The largest absolute Gasteiger partial charge is 0.485 e. The molecule has 0 unspecified atom stereocenters. The molecule has 0 aliphatic heterocycles. The molecule has 0 radical (unpaired) electrons. The van der Waals surface area contributed by atoms with Gasteiger partial charge in [-0.1, -0.05) is 6.58 Å². The second-order valence-electron chi connectivity index (χ2n) is 2.79. The van der Waals surface area contributed by atoms with Crippen molar-refractivity contribution in [3.05, 3.63) is 41.6 Å². The SMILES string of the molecule is C=C(SC)C(=O)COc1ccc(F)cc1. The van der Waals surface area contributed by atoms with E-state index in [4.69, 9.17) is 4.74 Å². The van der Waals surface area contributed by atoms with Crippen LogP contribution < -0.4 is 4.74 Å². The highest BCUT2D eigenvalue weighted by Crippen LogP contribution is 2.13. The Labute approximate surface area is 92.1 Å². The van der Waals surface area contributed by atoms with E-state index in [1.165, 1.54) is 36.0 Å². The van der Waals surface area contributed by atoms with Gasteiger partial charge in [0.1, 0.15) is 11.6 Å². The lowest BCUT2D eigenvalue weighted by Crippen LogP contribution is -2.11. The van der Waals surface area contributed by atoms with Crippen molar-refractivity contribution in [2.75, 3.05) is 12.9 Å². The van der Waals surface area contributed by atoms with Gasteiger partial charge in [0.25, 0.3) is 0 Å². The fourth-order valence-electron chi connectivity index (χ4n) is 0.874. The van der Waals surface area contributed by atoms with Crippen LogP contribution in [0.5, 0.6) is 5.75 Å². The van der Waals surface area contributed by atoms with Crippen molar-refractivity contribution in [3.63, 3.8) is 0 Å². The number of rotatable bonds is 5. The zero-order valence-corrected chi connectivity index (χ0v) is 9.14. The van der Waals surface area contributed by atoms with Gasteiger partial charge in [-0.2, -0.15) is 0 Å². The molecule has 15 heavy (non-hydrogen) atoms. The maximum absolute atomic E-state index is 12.5. The standard InChI is InChI=1S/C11H11FO2S/c1-8(15-2)11(13)7-14-10-5-3-9(12)4-6-10/h3-6H,1,7H2,2H3. The quantitative estimate of drug-likeness (QED) is 0.722. The van der Waals surface area contributed by atoms with Gasteiger partial charge >= 0.3 is 0 Å². The maximum atomic E-state index is 12.5. The van der Waals surface area contributed by atoms with E-state index in [1.54, 1.807) is 6.26 Å². The van der Waals surface area contributed by atoms with E-state index < -0.39 is 0 Å². The Balaban J connectivity index is 2.47. The van der Waals surface area contributed by atoms with Crippen molar-refractivity contribution in [3.8, 4) is 5.75 Å². The molecule has 1 aromatic rings. The van der Waals surface area contributed by atoms with Crippen LogP contribution in [0.1, 0.15) is 0 Å². The lowest BCUT2D eigenvalue weighted by Gasteiger charge is -2.05. The zero-order valence-electron chi connectivity index (χ0n) is 8.33. The van der Waals surface area contributed by atoms with E-state index in [1.807, 2.05) is 0 Å². The van der Waals surface area contributed by atoms with E-state index in [-0.39, 0.29) is 18.2 Å². The number of ether oxygens (including phenoxy) is 1. The second kappa shape index (κ2) is 5.56. The predicted molar refractivity (Wildman–Crippen MR) is 59.6 cm³/mol. The number of hydrogen-bond donors (Lipinski definition) is 0. The van der Waals surface area contributed by atoms with Crippen LogP contribution in [0.4, 0.5) is 4.39 Å². The zero-order chi connectivity index (χ0) is 11.3. The molecule has 0 atom stereocenters. The minimum Gasteiger partial charge on any atom is -0.485 e. The van der Waals surface area contributed by atoms with Crippen LogP contribution in [0.2, 0.25) is 0 Å². The van der Waals surface area contributed by atoms with Crippen molar-refractivity contribution >= 4 is 17.5 Å². The summed E-state index contributed by atoms with van der Waals surface area (Å²) in [5.41, 5.74) is 0. The molecule has 0 aliphatic carbocycles. The number of hydrogen-bond acceptors (Lipinski definition) is 3. The maximum Gasteiger partial charge on any atom is 0.205 e. The summed E-state index contributed by atoms with van der Waals surface area (Å²) in [4.78, 5) is 11.8. The number of benzene rings is 1. The van der Waals surface area contributed by atoms with Gasteiger partial charge in [0.2, 0.25) is 5.78 Å². The van der Waals surface area contributed by atoms with E-state index in [2.05, 4.69) is 6.58 Å². The Morgan fingerprint density at radius 1 is 1.47 bits per heavy atom. The molecule has 4 heteroatoms. The van der Waals surface area contributed by atoms with Gasteiger partial charge in [-0.05, 0) is 30.5 Å². The summed E-state index contributed by atoms with van der Waals surface area (Å²) in [5.74, 6) is -0.0207. The molecule has 2 nitrogen and oxygen atoms in total. The van der Waals surface area contributed by atoms with Gasteiger partial charge in [0, 0.05) is 4.91 Å². The van der Waals surface area contributed by atoms with Crippen LogP contribution in [0.25, 0.3) is 0 Å². The Hall–Kier alpha value is -1.29. The smallest absolute Gasteiger partial charge is 0.205 e. The molecule has 0 aromatic heterocycles. The summed E-state index contributed by atoms with van der Waals surface area (Å²) < 4.78 is 17.7. The van der Waals surface area contributed by atoms with Crippen LogP contribution in [0, 0.1) is 5.82 Å². The molecule has 0 N–H and O–H groups in total. The van der Waals surface area contributed by atoms with Crippen LogP contribution in [0.15, 0.2) is 35.7 Å². The third kappa shape index (κ3) is 3.75. The lowest BCUT2D eigenvalue weighted by atomic mass is 10.3. The molecule has 0 saturated carbocycles. The highest BCUT2D eigenvalue weighted by molar-refractivity contribution is 8.03. The molecular weight excluding hydrogens is 215 g/mol. The normalized spacial score (nSPS) is 9.73. The van der Waals surface area contributed by atoms with Gasteiger partial charge in [-0.15, -0.1) is 11.8 Å². The fraction of sp³-hybridized carbons (Fsp3) is 0.182. The first-order valence-corrected chi connectivity index (χ1v) is 5.50. The summed E-state index contributed by atoms with van der Waals surface area (Å²) >= 11 is 1.29. The van der Waals surface area contributed by atoms with Gasteiger partial charge in [0.05, 0.1) is 0 Å². The summed E-state index contributed by atoms with van der Waals surface area (Å²) in [6.45, 7) is 3.51. The minimum atomic E-state index is -0.331. The number of Topliss-reactive ketones (excluding diaryl/α,β-unsaturated/α-hetero) is 1. The average molecular weight is 226 g/mol. The van der Waals surface area contributed by atoms with Crippen LogP contribution in [0.3, 0.4) is 0 Å². The van der Waals surface area contributed by atoms with Gasteiger partial charge in [-0.25, -0.2) is 4.39 Å². The van der Waals surface area contributed by atoms with Gasteiger partial charge < -0.3 is 4.74 Å². The topological polar surface area (TPSA) is 26.3 Å². The molecule has 0 aliphatic rings. The Morgan fingerprint density at radius 3 is 2.60 bits per heavy atom. The van der Waals surface area contributed by atoms with E-state index in [0.717, 1.165) is 0 Å². The predicted octanol–water partition coefficient (Wildman–Crippen LogP) is 2.65. The Kier molecular flexibility index (Phi) is 4.37. The molecule has 0 spiro atoms. The number of ketones is 1. The summed E-state index contributed by atoms with van der Waals surface area (Å²) in [6.07, 6.45) is 1.78. The van der Waals surface area contributed by atoms with Crippen molar-refractivity contribution in [1.29, 1.82) is 0 Å². The second-order valence-corrected chi connectivity index (χ2v) is 3.69. The van der Waals surface area contributed by atoms with Crippen molar-refractivity contribution in [2.45, 2.75) is 0 Å². The number of thioether (sulfide) groups is 1. The fourth-order valence-corrected chi connectivity index (χ4v) is 1.16. The van der Waals surface area contributed by atoms with Gasteiger partial charge in [0.15, 0.2) is 6.61 Å². The van der Waals surface area contributed by atoms with Crippen molar-refractivity contribution in [2.24, 2.45) is 0 Å². The summed E-state index contributed by atoms with van der Waals surface area (Å²) in [6, 6.07) is 5.52. The first-order valence-electron chi connectivity index (χ1n) is 4.28. The molecule has 0 heterocycles. The highest BCUT2D eigenvalue weighted by atomic mass is 32.2. The molecular formula is C11H11FO2S. The molecule has 0 amide bonds. The number of carbonyl (C=O) groups excluding carboxylic acids is 1. The molecule has 80 valence electrons. The molecule has 0 fully saturated rings. The monoisotopic (exact) mass is 226 g/mol. The lowest BCUT2D eigenvalue weighted by molar-refractivity contribution is -0.116.